The number of carboxylic acids is 1. The molecule has 1 aromatic heterocycles. The molecule has 44 heavy (non-hydrogen) atoms. The molecule has 0 fully saturated rings. The van der Waals surface area contributed by atoms with Crippen molar-refractivity contribution in [1.29, 1.82) is 0 Å². The Bertz CT molecular complexity index is 1800. The first-order chi connectivity index (χ1) is 21.2. The molecule has 3 heterocycles. The number of carboxylic acid groups (broad SMARTS) is 1. The van der Waals surface area contributed by atoms with Crippen molar-refractivity contribution in [2.45, 2.75) is 39.0 Å². The van der Waals surface area contributed by atoms with Crippen LogP contribution in [0, 0.1) is 0 Å². The van der Waals surface area contributed by atoms with Gasteiger partial charge in [0.2, 0.25) is 0 Å². The molecule has 10 nitrogen and oxygen atoms in total. The molecular weight excluding hydrogens is 562 g/mol. The van der Waals surface area contributed by atoms with Crippen molar-refractivity contribution >= 4 is 29.4 Å². The van der Waals surface area contributed by atoms with Crippen LogP contribution in [-0.2, 0) is 19.5 Å². The van der Waals surface area contributed by atoms with Crippen LogP contribution in [0.1, 0.15) is 71.6 Å². The maximum absolute atomic E-state index is 13.6. The Labute approximate surface area is 253 Å². The van der Waals surface area contributed by atoms with E-state index in [1.807, 2.05) is 37.3 Å². The molecule has 4 aromatic rings. The van der Waals surface area contributed by atoms with E-state index < -0.39 is 17.8 Å². The van der Waals surface area contributed by atoms with Gasteiger partial charge in [0.15, 0.2) is 11.5 Å². The lowest BCUT2D eigenvalue weighted by molar-refractivity contribution is 0.0640. The third kappa shape index (κ3) is 5.37. The number of aromatic carboxylic acids is 1. The minimum absolute atomic E-state index is 0.00211. The molecule has 1 atom stereocenters. The first-order valence-corrected chi connectivity index (χ1v) is 14.2. The number of fused-ring (bicyclic) bond motifs is 2. The fraction of sp³-hybridized carbons (Fsp3) is 0.206. The molecular formula is C34H29N3O7. The molecule has 1 unspecified atom stereocenters. The lowest BCUT2D eigenvalue weighted by Crippen LogP contribution is -2.29. The van der Waals surface area contributed by atoms with Gasteiger partial charge in [0.1, 0.15) is 5.69 Å². The van der Waals surface area contributed by atoms with Crippen LogP contribution in [-0.4, -0.2) is 51.9 Å². The van der Waals surface area contributed by atoms with E-state index in [0.717, 1.165) is 35.6 Å². The number of nitrogens with zero attached hydrogens (tertiary/aromatic N) is 3. The second kappa shape index (κ2) is 11.6. The summed E-state index contributed by atoms with van der Waals surface area (Å²) in [6.07, 6.45) is 2.69. The quantitative estimate of drug-likeness (QED) is 0.251. The predicted molar refractivity (Wildman–Crippen MR) is 160 cm³/mol. The van der Waals surface area contributed by atoms with Gasteiger partial charge < -0.3 is 19.5 Å². The number of imide groups is 1. The number of anilines is 1. The van der Waals surface area contributed by atoms with Crippen molar-refractivity contribution in [2.24, 2.45) is 0 Å². The molecule has 0 saturated carbocycles. The highest BCUT2D eigenvalue weighted by Crippen LogP contribution is 2.37. The van der Waals surface area contributed by atoms with E-state index in [0.29, 0.717) is 34.9 Å². The summed E-state index contributed by atoms with van der Waals surface area (Å²) in [6.45, 7) is 2.28. The van der Waals surface area contributed by atoms with Gasteiger partial charge in [-0.15, -0.1) is 0 Å². The summed E-state index contributed by atoms with van der Waals surface area (Å²) in [7, 11) is 1.57. The van der Waals surface area contributed by atoms with E-state index in [2.05, 4.69) is 17.1 Å². The number of amides is 3. The van der Waals surface area contributed by atoms with Crippen LogP contribution in [0.15, 0.2) is 79.0 Å². The zero-order valence-electron chi connectivity index (χ0n) is 24.1. The molecule has 10 heteroatoms. The molecule has 0 spiro atoms. The number of methoxy groups -OCH3 is 1. The van der Waals surface area contributed by atoms with Crippen LogP contribution in [0.25, 0.3) is 0 Å². The van der Waals surface area contributed by atoms with Crippen LogP contribution in [0.5, 0.6) is 11.5 Å². The van der Waals surface area contributed by atoms with Gasteiger partial charge in [-0.1, -0.05) is 42.5 Å². The Morgan fingerprint density at radius 2 is 1.66 bits per heavy atom. The molecule has 222 valence electrons. The van der Waals surface area contributed by atoms with E-state index in [4.69, 9.17) is 9.47 Å². The van der Waals surface area contributed by atoms with Crippen molar-refractivity contribution in [3.05, 3.63) is 118 Å². The van der Waals surface area contributed by atoms with Gasteiger partial charge in [-0.3, -0.25) is 19.3 Å². The number of hydrogen-bond acceptors (Lipinski definition) is 7. The van der Waals surface area contributed by atoms with Gasteiger partial charge in [0.05, 0.1) is 37.4 Å². The average Bonchev–Trinajstić information content (AvgIpc) is 3.48. The number of aromatic nitrogens is 1. The molecule has 2 aliphatic rings. The van der Waals surface area contributed by atoms with Crippen LogP contribution in [0.3, 0.4) is 0 Å². The summed E-state index contributed by atoms with van der Waals surface area (Å²) in [5.41, 5.74) is 3.49. The maximum Gasteiger partial charge on any atom is 0.354 e. The van der Waals surface area contributed by atoms with Crippen LogP contribution < -0.4 is 14.4 Å². The Kier molecular flexibility index (Phi) is 7.57. The lowest BCUT2D eigenvalue weighted by Gasteiger charge is -2.21. The fourth-order valence-corrected chi connectivity index (χ4v) is 5.50. The minimum Gasteiger partial charge on any atom is -0.493 e. The number of pyridine rings is 1. The van der Waals surface area contributed by atoms with Crippen molar-refractivity contribution < 1.29 is 33.8 Å². The summed E-state index contributed by atoms with van der Waals surface area (Å²) >= 11 is 0. The summed E-state index contributed by atoms with van der Waals surface area (Å²) < 4.78 is 11.8. The highest BCUT2D eigenvalue weighted by molar-refractivity contribution is 6.21. The van der Waals surface area contributed by atoms with Gasteiger partial charge in [0.25, 0.3) is 17.7 Å². The van der Waals surface area contributed by atoms with Gasteiger partial charge >= 0.3 is 5.97 Å². The first kappa shape index (κ1) is 28.6. The second-order valence-corrected chi connectivity index (χ2v) is 10.8. The number of ether oxygens (including phenoxy) is 2. The highest BCUT2D eigenvalue weighted by Gasteiger charge is 2.37. The number of carbonyl (C=O) groups is 4. The zero-order valence-corrected chi connectivity index (χ0v) is 24.1. The van der Waals surface area contributed by atoms with Crippen LogP contribution >= 0.6 is 0 Å². The molecule has 0 radical (unpaired) electrons. The molecule has 0 saturated heterocycles. The van der Waals surface area contributed by atoms with Gasteiger partial charge in [-0.25, -0.2) is 9.78 Å². The van der Waals surface area contributed by atoms with E-state index in [9.17, 15) is 24.3 Å². The summed E-state index contributed by atoms with van der Waals surface area (Å²) in [5.74, 6) is -1.56. The SMILES string of the molecule is COc1ccc(N2Cc3ccc(CN4C(=O)c5cnc(C(=O)O)cc5C4=O)cc3C2=O)cc1OC(C)CCc1ccccc1. The number of aryl methyl sites for hydroxylation is 1. The molecule has 3 aromatic carbocycles. The molecule has 1 N–H and O–H groups in total. The highest BCUT2D eigenvalue weighted by atomic mass is 16.5. The van der Waals surface area contributed by atoms with E-state index in [-0.39, 0.29) is 35.4 Å². The average molecular weight is 592 g/mol. The maximum atomic E-state index is 13.6. The van der Waals surface area contributed by atoms with Gasteiger partial charge in [-0.05, 0) is 60.7 Å². The number of rotatable bonds is 10. The lowest BCUT2D eigenvalue weighted by atomic mass is 10.1. The number of carbonyl (C=O) groups excluding carboxylic acids is 3. The Morgan fingerprint density at radius 1 is 0.886 bits per heavy atom. The molecule has 0 aliphatic carbocycles. The predicted octanol–water partition coefficient (Wildman–Crippen LogP) is 5.15. The molecule has 0 bridgehead atoms. The van der Waals surface area contributed by atoms with Crippen LogP contribution in [0.4, 0.5) is 5.69 Å². The standard InChI is InChI=1S/C34H29N3O7/c1-20(8-9-21-6-4-3-5-7-21)44-30-15-24(12-13-29(30)43-2)36-19-23-11-10-22(14-25(23)31(36)38)18-37-32(39)26-16-28(34(41)42)35-17-27(26)33(37)40/h3-7,10-17,20H,8-9,18-19H2,1-2H3,(H,41,42). The van der Waals surface area contributed by atoms with Crippen molar-refractivity contribution in [2.75, 3.05) is 12.0 Å². The fourth-order valence-electron chi connectivity index (χ4n) is 5.50. The second-order valence-electron chi connectivity index (χ2n) is 10.8. The Balaban J connectivity index is 1.17. The van der Waals surface area contributed by atoms with E-state index >= 15 is 0 Å². The largest absolute Gasteiger partial charge is 0.493 e. The van der Waals surface area contributed by atoms with E-state index in [1.165, 1.54) is 5.56 Å². The summed E-state index contributed by atoms with van der Waals surface area (Å²) in [4.78, 5) is 57.2. The third-order valence-corrected chi connectivity index (χ3v) is 7.86. The number of benzene rings is 3. The first-order valence-electron chi connectivity index (χ1n) is 14.2. The Hall–Kier alpha value is -5.51. The topological polar surface area (TPSA) is 126 Å². The van der Waals surface area contributed by atoms with Crippen molar-refractivity contribution in [3.63, 3.8) is 0 Å². The van der Waals surface area contributed by atoms with Gasteiger partial charge in [-0.2, -0.15) is 0 Å². The molecule has 2 aliphatic heterocycles. The monoisotopic (exact) mass is 591 g/mol. The zero-order chi connectivity index (χ0) is 31.0. The van der Waals surface area contributed by atoms with Crippen LogP contribution in [0.2, 0.25) is 0 Å². The Morgan fingerprint density at radius 3 is 2.41 bits per heavy atom. The number of hydrogen-bond donors (Lipinski definition) is 1. The molecule has 3 amide bonds. The summed E-state index contributed by atoms with van der Waals surface area (Å²) in [5, 5.41) is 9.21. The summed E-state index contributed by atoms with van der Waals surface area (Å²) in [6, 6.07) is 22.0. The smallest absolute Gasteiger partial charge is 0.354 e. The van der Waals surface area contributed by atoms with Gasteiger partial charge in [0, 0.05) is 23.5 Å². The molecule has 6 rings (SSSR count). The normalized spacial score (nSPS) is 14.5. The van der Waals surface area contributed by atoms with E-state index in [1.54, 1.807) is 36.3 Å². The van der Waals surface area contributed by atoms with Crippen molar-refractivity contribution in [1.82, 2.24) is 9.88 Å². The van der Waals surface area contributed by atoms with Crippen molar-refractivity contribution in [3.8, 4) is 11.5 Å². The minimum atomic E-state index is -1.29. The third-order valence-electron chi connectivity index (χ3n) is 7.86.